The number of amides is 2. The largest absolute Gasteiger partial charge is 0.434 e. The van der Waals surface area contributed by atoms with Crippen LogP contribution < -0.4 is 10.6 Å². The maximum absolute atomic E-state index is 13.8. The standard InChI is InChI=1S/C23H20ClF3N4O2/c1-13(14-4-8-17(9-5-14)30-21(32)15-2-3-15)29-22(33)19-12-28-31(20(19)23(25,26)27)18-10-6-16(24)7-11-18/h4-13,15H,2-3H2,1H3,(H,29,33)(H,30,32). The summed E-state index contributed by atoms with van der Waals surface area (Å²) in [4.78, 5) is 24.6. The van der Waals surface area contributed by atoms with Gasteiger partial charge in [0.15, 0.2) is 5.69 Å². The molecule has 2 N–H and O–H groups in total. The van der Waals surface area contributed by atoms with E-state index in [0.717, 1.165) is 19.0 Å². The molecular weight excluding hydrogens is 457 g/mol. The lowest BCUT2D eigenvalue weighted by Gasteiger charge is -2.16. The van der Waals surface area contributed by atoms with Crippen LogP contribution in [0.2, 0.25) is 5.02 Å². The zero-order valence-electron chi connectivity index (χ0n) is 17.5. The molecule has 1 saturated carbocycles. The third-order valence-corrected chi connectivity index (χ3v) is 5.58. The summed E-state index contributed by atoms with van der Waals surface area (Å²) >= 11 is 5.81. The molecule has 10 heteroatoms. The summed E-state index contributed by atoms with van der Waals surface area (Å²) in [6.07, 6.45) is -2.13. The Hall–Kier alpha value is -3.33. The zero-order valence-corrected chi connectivity index (χ0v) is 18.2. The molecule has 0 spiro atoms. The van der Waals surface area contributed by atoms with Gasteiger partial charge in [-0.05, 0) is 61.7 Å². The van der Waals surface area contributed by atoms with Crippen LogP contribution in [0.5, 0.6) is 0 Å². The van der Waals surface area contributed by atoms with Crippen LogP contribution in [-0.4, -0.2) is 21.6 Å². The molecule has 3 aromatic rings. The van der Waals surface area contributed by atoms with E-state index < -0.39 is 29.4 Å². The predicted octanol–water partition coefficient (Wildman–Crippen LogP) is 5.38. The number of benzene rings is 2. The summed E-state index contributed by atoms with van der Waals surface area (Å²) in [6, 6.07) is 11.9. The highest BCUT2D eigenvalue weighted by Crippen LogP contribution is 2.34. The highest BCUT2D eigenvalue weighted by molar-refractivity contribution is 6.30. The number of alkyl halides is 3. The third kappa shape index (κ3) is 5.19. The fourth-order valence-electron chi connectivity index (χ4n) is 3.37. The summed E-state index contributed by atoms with van der Waals surface area (Å²) in [5.74, 6) is -0.859. The van der Waals surface area contributed by atoms with Gasteiger partial charge in [0, 0.05) is 16.6 Å². The number of carbonyl (C=O) groups is 2. The van der Waals surface area contributed by atoms with E-state index in [9.17, 15) is 22.8 Å². The molecule has 1 heterocycles. The van der Waals surface area contributed by atoms with Gasteiger partial charge in [0.1, 0.15) is 0 Å². The van der Waals surface area contributed by atoms with Gasteiger partial charge in [-0.25, -0.2) is 4.68 Å². The first-order chi connectivity index (χ1) is 15.6. The van der Waals surface area contributed by atoms with Crippen molar-refractivity contribution in [2.75, 3.05) is 5.32 Å². The Morgan fingerprint density at radius 3 is 2.30 bits per heavy atom. The quantitative estimate of drug-likeness (QED) is 0.501. The number of nitrogens with one attached hydrogen (secondary N) is 2. The molecule has 0 bridgehead atoms. The predicted molar refractivity (Wildman–Crippen MR) is 117 cm³/mol. The molecule has 33 heavy (non-hydrogen) atoms. The van der Waals surface area contributed by atoms with Gasteiger partial charge >= 0.3 is 6.18 Å². The van der Waals surface area contributed by atoms with Crippen molar-refractivity contribution in [1.29, 1.82) is 0 Å². The molecule has 1 atom stereocenters. The smallest absolute Gasteiger partial charge is 0.345 e. The Morgan fingerprint density at radius 2 is 1.73 bits per heavy atom. The minimum absolute atomic E-state index is 0.0264. The van der Waals surface area contributed by atoms with Crippen molar-refractivity contribution in [1.82, 2.24) is 15.1 Å². The highest BCUT2D eigenvalue weighted by atomic mass is 35.5. The third-order valence-electron chi connectivity index (χ3n) is 5.33. The second-order valence-corrected chi connectivity index (χ2v) is 8.31. The SMILES string of the molecule is CC(NC(=O)c1cnn(-c2ccc(Cl)cc2)c1C(F)(F)F)c1ccc(NC(=O)C2CC2)cc1. The summed E-state index contributed by atoms with van der Waals surface area (Å²) in [7, 11) is 0. The second kappa shape index (κ2) is 8.90. The zero-order chi connectivity index (χ0) is 23.8. The van der Waals surface area contributed by atoms with E-state index in [0.29, 0.717) is 21.0 Å². The van der Waals surface area contributed by atoms with Gasteiger partial charge in [-0.1, -0.05) is 23.7 Å². The number of halogens is 4. The number of hydrogen-bond acceptors (Lipinski definition) is 3. The maximum Gasteiger partial charge on any atom is 0.434 e. The number of carbonyl (C=O) groups excluding carboxylic acids is 2. The van der Waals surface area contributed by atoms with E-state index in [1.807, 2.05) is 0 Å². The number of nitrogens with zero attached hydrogens (tertiary/aromatic N) is 2. The van der Waals surface area contributed by atoms with E-state index in [-0.39, 0.29) is 17.5 Å². The molecule has 1 aromatic heterocycles. The first-order valence-corrected chi connectivity index (χ1v) is 10.6. The normalized spacial score (nSPS) is 14.6. The molecule has 4 rings (SSSR count). The van der Waals surface area contributed by atoms with Gasteiger partial charge in [-0.15, -0.1) is 0 Å². The summed E-state index contributed by atoms with van der Waals surface area (Å²) in [5, 5.41) is 9.56. The van der Waals surface area contributed by atoms with Gasteiger partial charge in [0.25, 0.3) is 5.91 Å². The van der Waals surface area contributed by atoms with Crippen molar-refractivity contribution in [2.45, 2.75) is 32.0 Å². The van der Waals surface area contributed by atoms with E-state index in [1.165, 1.54) is 24.3 Å². The first kappa shape index (κ1) is 22.8. The lowest BCUT2D eigenvalue weighted by atomic mass is 10.1. The second-order valence-electron chi connectivity index (χ2n) is 7.87. The molecular formula is C23H20ClF3N4O2. The first-order valence-electron chi connectivity index (χ1n) is 10.3. The van der Waals surface area contributed by atoms with Crippen LogP contribution in [0.1, 0.15) is 47.4 Å². The van der Waals surface area contributed by atoms with Crippen LogP contribution in [0.15, 0.2) is 54.7 Å². The van der Waals surface area contributed by atoms with Gasteiger partial charge in [0.05, 0.1) is 23.5 Å². The molecule has 0 radical (unpaired) electrons. The number of hydrogen-bond donors (Lipinski definition) is 2. The minimum Gasteiger partial charge on any atom is -0.345 e. The average Bonchev–Trinajstić information content (AvgIpc) is 3.52. The van der Waals surface area contributed by atoms with E-state index in [1.54, 1.807) is 31.2 Å². The van der Waals surface area contributed by atoms with Crippen molar-refractivity contribution >= 4 is 29.1 Å². The molecule has 1 aliphatic rings. The van der Waals surface area contributed by atoms with E-state index in [2.05, 4.69) is 15.7 Å². The van der Waals surface area contributed by atoms with Crippen molar-refractivity contribution < 1.29 is 22.8 Å². The van der Waals surface area contributed by atoms with Crippen LogP contribution in [-0.2, 0) is 11.0 Å². The van der Waals surface area contributed by atoms with Gasteiger partial charge < -0.3 is 10.6 Å². The monoisotopic (exact) mass is 476 g/mol. The molecule has 6 nitrogen and oxygen atoms in total. The lowest BCUT2D eigenvalue weighted by Crippen LogP contribution is -2.29. The van der Waals surface area contributed by atoms with Crippen molar-refractivity contribution in [2.24, 2.45) is 5.92 Å². The Balaban J connectivity index is 1.51. The molecule has 1 aliphatic carbocycles. The minimum atomic E-state index is -4.81. The Morgan fingerprint density at radius 1 is 1.09 bits per heavy atom. The summed E-state index contributed by atoms with van der Waals surface area (Å²) in [5.41, 5.74) is -0.336. The van der Waals surface area contributed by atoms with Gasteiger partial charge in [-0.2, -0.15) is 18.3 Å². The number of rotatable bonds is 6. The molecule has 2 amide bonds. The number of anilines is 1. The topological polar surface area (TPSA) is 76.0 Å². The molecule has 2 aromatic carbocycles. The molecule has 172 valence electrons. The fourth-order valence-corrected chi connectivity index (χ4v) is 3.49. The Labute approximate surface area is 192 Å². The maximum atomic E-state index is 13.8. The van der Waals surface area contributed by atoms with Crippen molar-refractivity contribution in [3.05, 3.63) is 76.6 Å². The van der Waals surface area contributed by atoms with E-state index >= 15 is 0 Å². The van der Waals surface area contributed by atoms with Crippen LogP contribution in [0.4, 0.5) is 18.9 Å². The lowest BCUT2D eigenvalue weighted by molar-refractivity contribution is -0.143. The molecule has 1 unspecified atom stereocenters. The van der Waals surface area contributed by atoms with Crippen LogP contribution in [0.25, 0.3) is 5.69 Å². The average molecular weight is 477 g/mol. The molecule has 0 aliphatic heterocycles. The van der Waals surface area contributed by atoms with Crippen LogP contribution >= 0.6 is 11.6 Å². The Kier molecular flexibility index (Phi) is 6.16. The highest BCUT2D eigenvalue weighted by Gasteiger charge is 2.40. The summed E-state index contributed by atoms with van der Waals surface area (Å²) < 4.78 is 42.2. The van der Waals surface area contributed by atoms with E-state index in [4.69, 9.17) is 11.6 Å². The Bertz CT molecular complexity index is 1170. The molecule has 0 saturated heterocycles. The van der Waals surface area contributed by atoms with Crippen molar-refractivity contribution in [3.8, 4) is 5.69 Å². The fraction of sp³-hybridized carbons (Fsp3) is 0.261. The van der Waals surface area contributed by atoms with Crippen LogP contribution in [0, 0.1) is 5.92 Å². The van der Waals surface area contributed by atoms with Gasteiger partial charge in [-0.3, -0.25) is 9.59 Å². The van der Waals surface area contributed by atoms with Crippen molar-refractivity contribution in [3.63, 3.8) is 0 Å². The van der Waals surface area contributed by atoms with Gasteiger partial charge in [0.2, 0.25) is 5.91 Å². The summed E-state index contributed by atoms with van der Waals surface area (Å²) in [6.45, 7) is 1.66. The van der Waals surface area contributed by atoms with Crippen LogP contribution in [0.3, 0.4) is 0 Å². The molecule has 1 fully saturated rings. The number of aromatic nitrogens is 2.